The molecule has 0 radical (unpaired) electrons. The molecular formula is C16H20N4O2. The number of amides is 1. The molecule has 2 N–H and O–H groups in total. The van der Waals surface area contributed by atoms with E-state index in [1.54, 1.807) is 25.4 Å². The summed E-state index contributed by atoms with van der Waals surface area (Å²) in [6.07, 6.45) is 3.73. The molecule has 6 nitrogen and oxygen atoms in total. The molecule has 0 bridgehead atoms. The van der Waals surface area contributed by atoms with Crippen molar-refractivity contribution < 1.29 is 9.53 Å². The summed E-state index contributed by atoms with van der Waals surface area (Å²) in [5.41, 5.74) is 7.17. The van der Waals surface area contributed by atoms with E-state index in [0.29, 0.717) is 24.4 Å². The second kappa shape index (κ2) is 5.81. The zero-order valence-corrected chi connectivity index (χ0v) is 12.8. The number of carbonyl (C=O) groups excluding carboxylic acids is 1. The van der Waals surface area contributed by atoms with Crippen molar-refractivity contribution in [1.29, 1.82) is 0 Å². The van der Waals surface area contributed by atoms with Crippen LogP contribution in [0.15, 0.2) is 30.6 Å². The number of benzene rings is 1. The van der Waals surface area contributed by atoms with E-state index in [0.717, 1.165) is 17.9 Å². The Labute approximate surface area is 129 Å². The zero-order chi connectivity index (χ0) is 15.7. The molecule has 0 spiro atoms. The van der Waals surface area contributed by atoms with Crippen molar-refractivity contribution in [2.75, 3.05) is 13.7 Å². The second-order valence-electron chi connectivity index (χ2n) is 5.38. The minimum Gasteiger partial charge on any atom is -0.496 e. The van der Waals surface area contributed by atoms with E-state index >= 15 is 0 Å². The van der Waals surface area contributed by atoms with Gasteiger partial charge in [-0.25, -0.2) is 4.98 Å². The largest absolute Gasteiger partial charge is 0.496 e. The number of ether oxygens (including phenoxy) is 1. The lowest BCUT2D eigenvalue weighted by Crippen LogP contribution is -2.41. The lowest BCUT2D eigenvalue weighted by molar-refractivity contribution is 0.0637. The van der Waals surface area contributed by atoms with Crippen LogP contribution in [-0.2, 0) is 13.1 Å². The van der Waals surface area contributed by atoms with Gasteiger partial charge in [-0.2, -0.15) is 0 Å². The molecule has 0 saturated heterocycles. The topological polar surface area (TPSA) is 73.4 Å². The highest BCUT2D eigenvalue weighted by Gasteiger charge is 2.29. The molecular weight excluding hydrogens is 280 g/mol. The molecule has 3 rings (SSSR count). The number of methoxy groups -OCH3 is 1. The summed E-state index contributed by atoms with van der Waals surface area (Å²) in [6.45, 7) is 3.82. The van der Waals surface area contributed by atoms with Gasteiger partial charge >= 0.3 is 0 Å². The first-order chi connectivity index (χ1) is 10.7. The number of nitrogens with zero attached hydrogens (tertiary/aromatic N) is 3. The highest BCUT2D eigenvalue weighted by atomic mass is 16.5. The number of aromatic nitrogens is 2. The van der Waals surface area contributed by atoms with Gasteiger partial charge in [0.05, 0.1) is 13.2 Å². The van der Waals surface area contributed by atoms with Crippen LogP contribution < -0.4 is 10.5 Å². The zero-order valence-electron chi connectivity index (χ0n) is 12.8. The number of imidazole rings is 1. The standard InChI is InChI=1S/C16H20N4O2/c1-11-15-18-5-6-19(15)7-8-20(11)16(21)12-3-4-13(10-17)14(9-12)22-2/h3-6,9,11H,7-8,10,17H2,1-2H3. The molecule has 1 aromatic carbocycles. The summed E-state index contributed by atoms with van der Waals surface area (Å²) in [5.74, 6) is 1.56. The lowest BCUT2D eigenvalue weighted by atomic mass is 10.1. The van der Waals surface area contributed by atoms with Crippen LogP contribution in [0.2, 0.25) is 0 Å². The Hall–Kier alpha value is -2.34. The van der Waals surface area contributed by atoms with Crippen molar-refractivity contribution in [2.24, 2.45) is 5.73 Å². The fourth-order valence-corrected chi connectivity index (χ4v) is 2.92. The molecule has 6 heteroatoms. The predicted octanol–water partition coefficient (Wildman–Crippen LogP) is 1.57. The van der Waals surface area contributed by atoms with Crippen LogP contribution in [0, 0.1) is 0 Å². The van der Waals surface area contributed by atoms with Crippen LogP contribution >= 0.6 is 0 Å². The van der Waals surface area contributed by atoms with Crippen molar-refractivity contribution in [2.45, 2.75) is 26.1 Å². The fourth-order valence-electron chi connectivity index (χ4n) is 2.92. The maximum Gasteiger partial charge on any atom is 0.254 e. The van der Waals surface area contributed by atoms with Gasteiger partial charge in [0.1, 0.15) is 11.6 Å². The summed E-state index contributed by atoms with van der Waals surface area (Å²) in [5, 5.41) is 0. The Bertz CT molecular complexity index is 695. The maximum absolute atomic E-state index is 12.8. The van der Waals surface area contributed by atoms with Crippen molar-refractivity contribution in [3.63, 3.8) is 0 Å². The first-order valence-electron chi connectivity index (χ1n) is 7.34. The van der Waals surface area contributed by atoms with Crippen LogP contribution in [0.1, 0.15) is 34.7 Å². The quantitative estimate of drug-likeness (QED) is 0.933. The third kappa shape index (κ3) is 2.35. The molecule has 22 heavy (non-hydrogen) atoms. The minimum atomic E-state index is -0.0450. The number of hydrogen-bond donors (Lipinski definition) is 1. The van der Waals surface area contributed by atoms with Crippen LogP contribution in [-0.4, -0.2) is 34.0 Å². The van der Waals surface area contributed by atoms with E-state index in [-0.39, 0.29) is 11.9 Å². The summed E-state index contributed by atoms with van der Waals surface area (Å²) in [7, 11) is 1.59. The van der Waals surface area contributed by atoms with Crippen molar-refractivity contribution in [3.8, 4) is 5.75 Å². The van der Waals surface area contributed by atoms with Gasteiger partial charge in [0.2, 0.25) is 0 Å². The molecule has 0 aliphatic carbocycles. The molecule has 1 aromatic heterocycles. The number of nitrogens with two attached hydrogens (primary N) is 1. The smallest absolute Gasteiger partial charge is 0.254 e. The molecule has 1 atom stereocenters. The summed E-state index contributed by atoms with van der Waals surface area (Å²) < 4.78 is 7.41. The number of rotatable bonds is 3. The van der Waals surface area contributed by atoms with E-state index in [4.69, 9.17) is 10.5 Å². The normalized spacial score (nSPS) is 17.2. The van der Waals surface area contributed by atoms with E-state index in [2.05, 4.69) is 9.55 Å². The minimum absolute atomic E-state index is 0.0105. The molecule has 2 heterocycles. The highest BCUT2D eigenvalue weighted by Crippen LogP contribution is 2.27. The van der Waals surface area contributed by atoms with Crippen molar-refractivity contribution >= 4 is 5.91 Å². The summed E-state index contributed by atoms with van der Waals surface area (Å²) in [6, 6.07) is 5.37. The molecule has 0 saturated carbocycles. The Morgan fingerprint density at radius 3 is 3.00 bits per heavy atom. The van der Waals surface area contributed by atoms with Gasteiger partial charge < -0.3 is 19.9 Å². The highest BCUT2D eigenvalue weighted by molar-refractivity contribution is 5.95. The van der Waals surface area contributed by atoms with Crippen LogP contribution in [0.3, 0.4) is 0 Å². The molecule has 116 valence electrons. The SMILES string of the molecule is COc1cc(C(=O)N2CCn3ccnc3C2C)ccc1CN. The Balaban J connectivity index is 1.88. The van der Waals surface area contributed by atoms with Crippen LogP contribution in [0.4, 0.5) is 0 Å². The van der Waals surface area contributed by atoms with Crippen LogP contribution in [0.25, 0.3) is 0 Å². The Morgan fingerprint density at radius 1 is 1.45 bits per heavy atom. The Morgan fingerprint density at radius 2 is 2.27 bits per heavy atom. The van der Waals surface area contributed by atoms with Gasteiger partial charge in [-0.15, -0.1) is 0 Å². The van der Waals surface area contributed by atoms with Crippen molar-refractivity contribution in [1.82, 2.24) is 14.5 Å². The van der Waals surface area contributed by atoms with Gasteiger partial charge in [0, 0.05) is 43.2 Å². The van der Waals surface area contributed by atoms with Gasteiger partial charge in [-0.3, -0.25) is 4.79 Å². The fraction of sp³-hybridized carbons (Fsp3) is 0.375. The summed E-state index contributed by atoms with van der Waals surface area (Å²) >= 11 is 0. The van der Waals surface area contributed by atoms with E-state index in [1.807, 2.05) is 24.1 Å². The molecule has 1 aliphatic rings. The molecule has 1 unspecified atom stereocenters. The van der Waals surface area contributed by atoms with E-state index in [9.17, 15) is 4.79 Å². The summed E-state index contributed by atoms with van der Waals surface area (Å²) in [4.78, 5) is 19.0. The van der Waals surface area contributed by atoms with Crippen LogP contribution in [0.5, 0.6) is 5.75 Å². The van der Waals surface area contributed by atoms with E-state index in [1.165, 1.54) is 0 Å². The van der Waals surface area contributed by atoms with Gasteiger partial charge in [-0.05, 0) is 19.1 Å². The molecule has 1 amide bonds. The first kappa shape index (κ1) is 14.6. The predicted molar refractivity (Wildman–Crippen MR) is 82.6 cm³/mol. The second-order valence-corrected chi connectivity index (χ2v) is 5.38. The van der Waals surface area contributed by atoms with Gasteiger partial charge in [0.25, 0.3) is 5.91 Å². The third-order valence-electron chi connectivity index (χ3n) is 4.19. The monoisotopic (exact) mass is 300 g/mol. The molecule has 1 aliphatic heterocycles. The van der Waals surface area contributed by atoms with Gasteiger partial charge in [0.15, 0.2) is 0 Å². The Kier molecular flexibility index (Phi) is 3.85. The molecule has 2 aromatic rings. The number of fused-ring (bicyclic) bond motifs is 1. The van der Waals surface area contributed by atoms with Crippen molar-refractivity contribution in [3.05, 3.63) is 47.5 Å². The third-order valence-corrected chi connectivity index (χ3v) is 4.19. The lowest BCUT2D eigenvalue weighted by Gasteiger charge is -2.34. The average molecular weight is 300 g/mol. The maximum atomic E-state index is 12.8. The first-order valence-corrected chi connectivity index (χ1v) is 7.34. The number of hydrogen-bond acceptors (Lipinski definition) is 4. The average Bonchev–Trinajstić information content (AvgIpc) is 3.03. The van der Waals surface area contributed by atoms with E-state index < -0.39 is 0 Å². The molecule has 0 fully saturated rings. The van der Waals surface area contributed by atoms with Gasteiger partial charge in [-0.1, -0.05) is 6.07 Å². The number of carbonyl (C=O) groups is 1.